The first kappa shape index (κ1) is 27.9. The summed E-state index contributed by atoms with van der Waals surface area (Å²) in [5.41, 5.74) is 1.62. The molecule has 1 N–H and O–H groups in total. The number of hydrogen-bond donors (Lipinski definition) is 1. The summed E-state index contributed by atoms with van der Waals surface area (Å²) in [5.74, 6) is -0.593. The van der Waals surface area contributed by atoms with Gasteiger partial charge in [-0.05, 0) is 42.3 Å². The van der Waals surface area contributed by atoms with Crippen LogP contribution in [0, 0.1) is 5.82 Å². The molecular weight excluding hydrogens is 525 g/mol. The zero-order valence-corrected chi connectivity index (χ0v) is 22.5. The molecule has 1 unspecified atom stereocenters. The van der Waals surface area contributed by atoms with Crippen LogP contribution in [0.25, 0.3) is 0 Å². The number of anilines is 1. The van der Waals surface area contributed by atoms with Crippen molar-refractivity contribution in [3.63, 3.8) is 0 Å². The molecule has 206 valence electrons. The molecule has 11 heteroatoms. The number of nitrogens with one attached hydrogen (secondary N) is 1. The van der Waals surface area contributed by atoms with Crippen molar-refractivity contribution >= 4 is 27.5 Å². The van der Waals surface area contributed by atoms with Crippen molar-refractivity contribution < 1.29 is 31.9 Å². The fourth-order valence-corrected chi connectivity index (χ4v) is 5.13. The van der Waals surface area contributed by atoms with Crippen LogP contribution in [-0.2, 0) is 32.6 Å². The molecule has 0 saturated carbocycles. The SMILES string of the molecule is CCNC(=O)C(Cc1ccccc1)N(Cc1ccc(F)cc1)C(=O)CN(c1ccc2c(c1)OCO2)S(C)(=O)=O. The highest BCUT2D eigenvalue weighted by molar-refractivity contribution is 7.92. The van der Waals surface area contributed by atoms with Crippen LogP contribution in [0.2, 0.25) is 0 Å². The smallest absolute Gasteiger partial charge is 0.244 e. The van der Waals surface area contributed by atoms with Crippen LogP contribution in [0.3, 0.4) is 0 Å². The Morgan fingerprint density at radius 2 is 1.67 bits per heavy atom. The molecule has 9 nitrogen and oxygen atoms in total. The minimum Gasteiger partial charge on any atom is -0.454 e. The van der Waals surface area contributed by atoms with Gasteiger partial charge in [0.25, 0.3) is 0 Å². The number of sulfonamides is 1. The second kappa shape index (κ2) is 12.2. The van der Waals surface area contributed by atoms with Crippen LogP contribution in [0.5, 0.6) is 11.5 Å². The quantitative estimate of drug-likeness (QED) is 0.390. The van der Waals surface area contributed by atoms with Gasteiger partial charge in [-0.3, -0.25) is 13.9 Å². The Bertz CT molecular complexity index is 1420. The van der Waals surface area contributed by atoms with E-state index in [0.717, 1.165) is 16.1 Å². The average Bonchev–Trinajstić information content (AvgIpc) is 3.38. The molecule has 1 aliphatic rings. The Morgan fingerprint density at radius 1 is 0.974 bits per heavy atom. The van der Waals surface area contributed by atoms with Crippen LogP contribution in [0.4, 0.5) is 10.1 Å². The fraction of sp³-hybridized carbons (Fsp3) is 0.286. The second-order valence-corrected chi connectivity index (χ2v) is 11.0. The predicted molar refractivity (Wildman–Crippen MR) is 144 cm³/mol. The lowest BCUT2D eigenvalue weighted by Gasteiger charge is -2.33. The van der Waals surface area contributed by atoms with E-state index in [1.807, 2.05) is 30.3 Å². The third-order valence-corrected chi connectivity index (χ3v) is 7.35. The van der Waals surface area contributed by atoms with Gasteiger partial charge in [0, 0.05) is 25.6 Å². The molecule has 0 fully saturated rings. The number of carbonyl (C=O) groups excluding carboxylic acids is 2. The minimum absolute atomic E-state index is 0.00967. The van der Waals surface area contributed by atoms with E-state index in [0.29, 0.717) is 23.6 Å². The zero-order valence-electron chi connectivity index (χ0n) is 21.7. The molecule has 2 amide bonds. The van der Waals surface area contributed by atoms with Crippen LogP contribution < -0.4 is 19.1 Å². The molecule has 4 rings (SSSR count). The Morgan fingerprint density at radius 3 is 2.33 bits per heavy atom. The molecular formula is C28H30FN3O6S. The first-order chi connectivity index (χ1) is 18.7. The third kappa shape index (κ3) is 7.05. The van der Waals surface area contributed by atoms with Crippen molar-refractivity contribution in [3.8, 4) is 11.5 Å². The average molecular weight is 556 g/mol. The number of benzene rings is 3. The van der Waals surface area contributed by atoms with Gasteiger partial charge in [0.15, 0.2) is 11.5 Å². The number of nitrogens with zero attached hydrogens (tertiary/aromatic N) is 2. The van der Waals surface area contributed by atoms with Crippen molar-refractivity contribution in [1.29, 1.82) is 0 Å². The summed E-state index contributed by atoms with van der Waals surface area (Å²) in [6.07, 6.45) is 1.20. The highest BCUT2D eigenvalue weighted by Gasteiger charge is 2.33. The number of hydrogen-bond acceptors (Lipinski definition) is 6. The van der Waals surface area contributed by atoms with Gasteiger partial charge < -0.3 is 19.7 Å². The zero-order chi connectivity index (χ0) is 28.0. The van der Waals surface area contributed by atoms with E-state index in [4.69, 9.17) is 9.47 Å². The summed E-state index contributed by atoms with van der Waals surface area (Å²) in [4.78, 5) is 28.6. The molecule has 1 aliphatic heterocycles. The summed E-state index contributed by atoms with van der Waals surface area (Å²) in [7, 11) is -3.92. The molecule has 0 bridgehead atoms. The maximum absolute atomic E-state index is 13.9. The van der Waals surface area contributed by atoms with Crippen molar-refractivity contribution in [1.82, 2.24) is 10.2 Å². The van der Waals surface area contributed by atoms with Crippen molar-refractivity contribution in [2.24, 2.45) is 0 Å². The molecule has 0 aromatic heterocycles. The normalized spacial score (nSPS) is 13.0. The summed E-state index contributed by atoms with van der Waals surface area (Å²) in [6, 6.07) is 18.4. The minimum atomic E-state index is -3.92. The highest BCUT2D eigenvalue weighted by atomic mass is 32.2. The highest BCUT2D eigenvalue weighted by Crippen LogP contribution is 2.36. The number of fused-ring (bicyclic) bond motifs is 1. The van der Waals surface area contributed by atoms with Gasteiger partial charge in [0.1, 0.15) is 18.4 Å². The summed E-state index contributed by atoms with van der Waals surface area (Å²) < 4.78 is 51.0. The Kier molecular flexibility index (Phi) is 8.70. The second-order valence-electron chi connectivity index (χ2n) is 9.06. The third-order valence-electron chi connectivity index (χ3n) is 6.21. The first-order valence-electron chi connectivity index (χ1n) is 12.4. The van der Waals surface area contributed by atoms with Gasteiger partial charge in [0.2, 0.25) is 28.6 Å². The van der Waals surface area contributed by atoms with E-state index < -0.39 is 34.3 Å². The monoisotopic (exact) mass is 555 g/mol. The lowest BCUT2D eigenvalue weighted by molar-refractivity contribution is -0.140. The molecule has 0 spiro atoms. The Labute approximate surface area is 227 Å². The molecule has 0 aliphatic carbocycles. The molecule has 0 saturated heterocycles. The summed E-state index contributed by atoms with van der Waals surface area (Å²) >= 11 is 0. The molecule has 1 atom stereocenters. The van der Waals surface area contributed by atoms with Gasteiger partial charge in [-0.25, -0.2) is 12.8 Å². The number of rotatable bonds is 11. The maximum Gasteiger partial charge on any atom is 0.244 e. The van der Waals surface area contributed by atoms with Gasteiger partial charge in [-0.15, -0.1) is 0 Å². The lowest BCUT2D eigenvalue weighted by Crippen LogP contribution is -2.53. The van der Waals surface area contributed by atoms with E-state index in [1.165, 1.54) is 41.3 Å². The summed E-state index contributed by atoms with van der Waals surface area (Å²) in [5, 5.41) is 2.78. The number of halogens is 1. The largest absolute Gasteiger partial charge is 0.454 e. The lowest BCUT2D eigenvalue weighted by atomic mass is 10.0. The van der Waals surface area contributed by atoms with Crippen molar-refractivity contribution in [2.75, 3.05) is 30.4 Å². The van der Waals surface area contributed by atoms with E-state index in [1.54, 1.807) is 13.0 Å². The number of amides is 2. The van der Waals surface area contributed by atoms with Gasteiger partial charge in [-0.1, -0.05) is 42.5 Å². The molecule has 1 heterocycles. The van der Waals surface area contributed by atoms with Crippen LogP contribution in [-0.4, -0.2) is 57.3 Å². The van der Waals surface area contributed by atoms with E-state index in [2.05, 4.69) is 5.32 Å². The fourth-order valence-electron chi connectivity index (χ4n) is 4.29. The van der Waals surface area contributed by atoms with Gasteiger partial charge in [-0.2, -0.15) is 0 Å². The van der Waals surface area contributed by atoms with Crippen LogP contribution in [0.1, 0.15) is 18.1 Å². The standard InChI is InChI=1S/C28H30FN3O6S/c1-3-30-28(34)24(15-20-7-5-4-6-8-20)31(17-21-9-11-22(29)12-10-21)27(33)18-32(39(2,35)36)23-13-14-25-26(16-23)38-19-37-25/h4-14,16,24H,3,15,17-19H2,1-2H3,(H,30,34). The maximum atomic E-state index is 13.9. The van der Waals surface area contributed by atoms with E-state index >= 15 is 0 Å². The topological polar surface area (TPSA) is 105 Å². The number of likely N-dealkylation sites (N-methyl/N-ethyl adjacent to an activating group) is 1. The van der Waals surface area contributed by atoms with Crippen LogP contribution in [0.15, 0.2) is 72.8 Å². The van der Waals surface area contributed by atoms with Gasteiger partial charge >= 0.3 is 0 Å². The first-order valence-corrected chi connectivity index (χ1v) is 14.2. The predicted octanol–water partition coefficient (Wildman–Crippen LogP) is 3.10. The Hall–Kier alpha value is -4.12. The molecule has 39 heavy (non-hydrogen) atoms. The van der Waals surface area contributed by atoms with Gasteiger partial charge in [0.05, 0.1) is 11.9 Å². The molecule has 3 aromatic carbocycles. The Balaban J connectivity index is 1.71. The molecule has 0 radical (unpaired) electrons. The van der Waals surface area contributed by atoms with E-state index in [-0.39, 0.29) is 31.4 Å². The number of carbonyl (C=O) groups is 2. The van der Waals surface area contributed by atoms with Crippen molar-refractivity contribution in [3.05, 3.63) is 89.7 Å². The van der Waals surface area contributed by atoms with E-state index in [9.17, 15) is 22.4 Å². The van der Waals surface area contributed by atoms with Crippen LogP contribution >= 0.6 is 0 Å². The number of ether oxygens (including phenoxy) is 2. The van der Waals surface area contributed by atoms with Crippen molar-refractivity contribution in [2.45, 2.75) is 25.9 Å². The molecule has 3 aromatic rings. The summed E-state index contributed by atoms with van der Waals surface area (Å²) in [6.45, 7) is 1.52.